The Balaban J connectivity index is 2.01. The SMILES string of the molecule is COC(CCCN1CCOCC1)OC. The molecule has 14 heavy (non-hydrogen) atoms. The third kappa shape index (κ3) is 4.37. The van der Waals surface area contributed by atoms with Gasteiger partial charge >= 0.3 is 0 Å². The van der Waals surface area contributed by atoms with Gasteiger partial charge in [0.1, 0.15) is 0 Å². The zero-order valence-corrected chi connectivity index (χ0v) is 9.20. The highest BCUT2D eigenvalue weighted by molar-refractivity contribution is 4.61. The molecular formula is C10H21NO3. The third-order valence-corrected chi connectivity index (χ3v) is 2.54. The van der Waals surface area contributed by atoms with Gasteiger partial charge in [-0.2, -0.15) is 0 Å². The number of hydrogen-bond donors (Lipinski definition) is 0. The molecule has 0 aliphatic carbocycles. The second-order valence-corrected chi connectivity index (χ2v) is 3.50. The van der Waals surface area contributed by atoms with Gasteiger partial charge in [0, 0.05) is 27.3 Å². The summed E-state index contributed by atoms with van der Waals surface area (Å²) in [5.41, 5.74) is 0. The first-order valence-electron chi connectivity index (χ1n) is 5.22. The Morgan fingerprint density at radius 1 is 1.21 bits per heavy atom. The largest absolute Gasteiger partial charge is 0.379 e. The van der Waals surface area contributed by atoms with Crippen LogP contribution in [0, 0.1) is 0 Å². The van der Waals surface area contributed by atoms with Gasteiger partial charge in [0.05, 0.1) is 13.2 Å². The lowest BCUT2D eigenvalue weighted by molar-refractivity contribution is -0.108. The van der Waals surface area contributed by atoms with Crippen molar-refractivity contribution in [2.24, 2.45) is 0 Å². The van der Waals surface area contributed by atoms with Crippen molar-refractivity contribution in [1.82, 2.24) is 4.90 Å². The van der Waals surface area contributed by atoms with E-state index < -0.39 is 0 Å². The number of morpholine rings is 1. The maximum Gasteiger partial charge on any atom is 0.156 e. The van der Waals surface area contributed by atoms with Gasteiger partial charge in [-0.15, -0.1) is 0 Å². The van der Waals surface area contributed by atoms with Crippen molar-refractivity contribution in [1.29, 1.82) is 0 Å². The van der Waals surface area contributed by atoms with E-state index in [0.717, 1.165) is 45.7 Å². The quantitative estimate of drug-likeness (QED) is 0.595. The Bertz CT molecular complexity index is 133. The molecule has 0 bridgehead atoms. The van der Waals surface area contributed by atoms with Crippen LogP contribution in [-0.2, 0) is 14.2 Å². The first-order valence-corrected chi connectivity index (χ1v) is 5.22. The molecule has 0 amide bonds. The van der Waals surface area contributed by atoms with Crippen LogP contribution in [0.25, 0.3) is 0 Å². The standard InChI is InChI=1S/C10H21NO3/c1-12-10(13-2)4-3-5-11-6-8-14-9-7-11/h10H,3-9H2,1-2H3. The summed E-state index contributed by atoms with van der Waals surface area (Å²) in [6.07, 6.45) is 2.03. The highest BCUT2D eigenvalue weighted by Crippen LogP contribution is 2.05. The van der Waals surface area contributed by atoms with E-state index in [0.29, 0.717) is 0 Å². The molecule has 1 rings (SSSR count). The van der Waals surface area contributed by atoms with E-state index in [1.54, 1.807) is 14.2 Å². The number of nitrogens with zero attached hydrogens (tertiary/aromatic N) is 1. The van der Waals surface area contributed by atoms with Crippen molar-refractivity contribution >= 4 is 0 Å². The van der Waals surface area contributed by atoms with E-state index in [1.807, 2.05) is 0 Å². The van der Waals surface area contributed by atoms with Crippen LogP contribution in [0.2, 0.25) is 0 Å². The van der Waals surface area contributed by atoms with Crippen LogP contribution in [0.15, 0.2) is 0 Å². The lowest BCUT2D eigenvalue weighted by Crippen LogP contribution is -2.37. The Morgan fingerprint density at radius 2 is 1.86 bits per heavy atom. The van der Waals surface area contributed by atoms with Crippen molar-refractivity contribution in [3.8, 4) is 0 Å². The summed E-state index contributed by atoms with van der Waals surface area (Å²) in [5, 5.41) is 0. The van der Waals surface area contributed by atoms with Gasteiger partial charge < -0.3 is 14.2 Å². The molecule has 0 atom stereocenters. The summed E-state index contributed by atoms with van der Waals surface area (Å²) >= 11 is 0. The fourth-order valence-corrected chi connectivity index (χ4v) is 1.64. The fraction of sp³-hybridized carbons (Fsp3) is 1.00. The number of ether oxygens (including phenoxy) is 3. The lowest BCUT2D eigenvalue weighted by Gasteiger charge is -2.26. The van der Waals surface area contributed by atoms with Crippen molar-refractivity contribution in [2.75, 3.05) is 47.1 Å². The average molecular weight is 203 g/mol. The maximum atomic E-state index is 5.28. The molecule has 1 aliphatic rings. The minimum absolute atomic E-state index is 0.0453. The number of rotatable bonds is 6. The molecule has 4 nitrogen and oxygen atoms in total. The Hall–Kier alpha value is -0.160. The fourth-order valence-electron chi connectivity index (χ4n) is 1.64. The minimum Gasteiger partial charge on any atom is -0.379 e. The predicted molar refractivity (Wildman–Crippen MR) is 54.3 cm³/mol. The maximum absolute atomic E-state index is 5.28. The summed E-state index contributed by atoms with van der Waals surface area (Å²) in [4.78, 5) is 2.42. The van der Waals surface area contributed by atoms with Crippen molar-refractivity contribution in [3.05, 3.63) is 0 Å². The summed E-state index contributed by atoms with van der Waals surface area (Å²) in [7, 11) is 3.37. The molecule has 0 saturated carbocycles. The topological polar surface area (TPSA) is 30.9 Å². The van der Waals surface area contributed by atoms with E-state index >= 15 is 0 Å². The number of methoxy groups -OCH3 is 2. The zero-order valence-electron chi connectivity index (χ0n) is 9.20. The smallest absolute Gasteiger partial charge is 0.156 e. The van der Waals surface area contributed by atoms with E-state index in [2.05, 4.69) is 4.90 Å². The predicted octanol–water partition coefficient (Wildman–Crippen LogP) is 0.718. The molecule has 84 valence electrons. The van der Waals surface area contributed by atoms with Crippen LogP contribution in [0.1, 0.15) is 12.8 Å². The van der Waals surface area contributed by atoms with Crippen LogP contribution in [0.5, 0.6) is 0 Å². The Kier molecular flexibility index (Phi) is 6.10. The monoisotopic (exact) mass is 203 g/mol. The molecule has 0 aromatic heterocycles. The van der Waals surface area contributed by atoms with Crippen LogP contribution in [0.3, 0.4) is 0 Å². The van der Waals surface area contributed by atoms with Gasteiger partial charge in [-0.3, -0.25) is 4.90 Å². The van der Waals surface area contributed by atoms with Gasteiger partial charge in [-0.05, 0) is 19.4 Å². The van der Waals surface area contributed by atoms with Gasteiger partial charge in [-0.1, -0.05) is 0 Å². The molecule has 0 unspecified atom stereocenters. The summed E-state index contributed by atoms with van der Waals surface area (Å²) in [6.45, 7) is 4.98. The second-order valence-electron chi connectivity index (χ2n) is 3.50. The van der Waals surface area contributed by atoms with Crippen molar-refractivity contribution in [3.63, 3.8) is 0 Å². The van der Waals surface area contributed by atoms with Gasteiger partial charge in [0.2, 0.25) is 0 Å². The summed E-state index contributed by atoms with van der Waals surface area (Å²) in [5.74, 6) is 0. The number of hydrogen-bond acceptors (Lipinski definition) is 4. The Labute approximate surface area is 86.1 Å². The second kappa shape index (κ2) is 7.17. The molecule has 1 saturated heterocycles. The first-order chi connectivity index (χ1) is 6.86. The Morgan fingerprint density at radius 3 is 2.43 bits per heavy atom. The molecule has 1 heterocycles. The van der Waals surface area contributed by atoms with Crippen molar-refractivity contribution in [2.45, 2.75) is 19.1 Å². The molecular weight excluding hydrogens is 182 g/mol. The van der Waals surface area contributed by atoms with E-state index in [-0.39, 0.29) is 6.29 Å². The van der Waals surface area contributed by atoms with Gasteiger partial charge in [-0.25, -0.2) is 0 Å². The molecule has 0 N–H and O–H groups in total. The van der Waals surface area contributed by atoms with Crippen LogP contribution >= 0.6 is 0 Å². The third-order valence-electron chi connectivity index (χ3n) is 2.54. The highest BCUT2D eigenvalue weighted by Gasteiger charge is 2.11. The lowest BCUT2D eigenvalue weighted by atomic mass is 10.2. The summed E-state index contributed by atoms with van der Waals surface area (Å²) in [6, 6.07) is 0. The van der Waals surface area contributed by atoms with Crippen LogP contribution in [0.4, 0.5) is 0 Å². The van der Waals surface area contributed by atoms with Gasteiger partial charge in [0.15, 0.2) is 6.29 Å². The van der Waals surface area contributed by atoms with E-state index in [4.69, 9.17) is 14.2 Å². The normalized spacial score (nSPS) is 19.1. The van der Waals surface area contributed by atoms with Crippen LogP contribution in [-0.4, -0.2) is 58.3 Å². The highest BCUT2D eigenvalue weighted by atomic mass is 16.7. The van der Waals surface area contributed by atoms with Crippen molar-refractivity contribution < 1.29 is 14.2 Å². The van der Waals surface area contributed by atoms with Crippen LogP contribution < -0.4 is 0 Å². The van der Waals surface area contributed by atoms with E-state index in [9.17, 15) is 0 Å². The molecule has 0 radical (unpaired) electrons. The summed E-state index contributed by atoms with van der Waals surface area (Å²) < 4.78 is 15.5. The zero-order chi connectivity index (χ0) is 10.2. The molecule has 0 aromatic rings. The van der Waals surface area contributed by atoms with E-state index in [1.165, 1.54) is 0 Å². The molecule has 1 aliphatic heterocycles. The first kappa shape index (κ1) is 11.9. The molecule has 0 aromatic carbocycles. The molecule has 1 fully saturated rings. The molecule has 0 spiro atoms. The minimum atomic E-state index is -0.0453. The average Bonchev–Trinajstić information content (AvgIpc) is 2.26. The van der Waals surface area contributed by atoms with Gasteiger partial charge in [0.25, 0.3) is 0 Å². The molecule has 4 heteroatoms.